The van der Waals surface area contributed by atoms with E-state index in [2.05, 4.69) is 21.4 Å². The summed E-state index contributed by atoms with van der Waals surface area (Å²) in [6, 6.07) is 7.49. The van der Waals surface area contributed by atoms with Crippen molar-refractivity contribution in [1.82, 2.24) is 5.43 Å². The zero-order valence-corrected chi connectivity index (χ0v) is 11.4. The van der Waals surface area contributed by atoms with Crippen molar-refractivity contribution in [3.8, 4) is 0 Å². The Bertz CT molecular complexity index is 448. The molecular formula is C10H15BrN2O2S. The lowest BCUT2D eigenvalue weighted by Crippen LogP contribution is -2.29. The van der Waals surface area contributed by atoms with Crippen LogP contribution >= 0.6 is 15.9 Å². The summed E-state index contributed by atoms with van der Waals surface area (Å²) >= 11 is 3.36. The minimum atomic E-state index is -2.95. The van der Waals surface area contributed by atoms with E-state index in [1.807, 2.05) is 24.3 Å². The maximum Gasteiger partial charge on any atom is 0.147 e. The molecule has 0 amide bonds. The van der Waals surface area contributed by atoms with E-state index in [9.17, 15) is 8.42 Å². The van der Waals surface area contributed by atoms with E-state index in [1.165, 1.54) is 6.26 Å². The lowest BCUT2D eigenvalue weighted by molar-refractivity contribution is 0.531. The van der Waals surface area contributed by atoms with E-state index in [-0.39, 0.29) is 11.8 Å². The zero-order valence-electron chi connectivity index (χ0n) is 8.98. The molecule has 0 saturated heterocycles. The molecule has 0 aliphatic rings. The predicted octanol–water partition coefficient (Wildman–Crippen LogP) is 1.39. The Labute approximate surface area is 104 Å². The van der Waals surface area contributed by atoms with Gasteiger partial charge in [0, 0.05) is 16.8 Å². The SMILES string of the molecule is CS(=O)(=O)CCC(NN)c1cccc(Br)c1. The van der Waals surface area contributed by atoms with Crippen molar-refractivity contribution in [3.05, 3.63) is 34.3 Å². The molecule has 0 spiro atoms. The van der Waals surface area contributed by atoms with Crippen LogP contribution in [0.4, 0.5) is 0 Å². The Balaban J connectivity index is 2.75. The van der Waals surface area contributed by atoms with Crippen LogP contribution in [0.2, 0.25) is 0 Å². The molecule has 0 bridgehead atoms. The van der Waals surface area contributed by atoms with E-state index in [0.717, 1.165) is 10.0 Å². The van der Waals surface area contributed by atoms with Crippen LogP contribution in [-0.2, 0) is 9.84 Å². The van der Waals surface area contributed by atoms with Gasteiger partial charge >= 0.3 is 0 Å². The molecule has 4 nitrogen and oxygen atoms in total. The van der Waals surface area contributed by atoms with Crippen LogP contribution in [0.25, 0.3) is 0 Å². The van der Waals surface area contributed by atoms with Gasteiger partial charge in [0.1, 0.15) is 9.84 Å². The summed E-state index contributed by atoms with van der Waals surface area (Å²) in [6.45, 7) is 0. The molecule has 16 heavy (non-hydrogen) atoms. The highest BCUT2D eigenvalue weighted by atomic mass is 79.9. The summed E-state index contributed by atoms with van der Waals surface area (Å²) in [6.07, 6.45) is 1.69. The van der Waals surface area contributed by atoms with Gasteiger partial charge in [-0.2, -0.15) is 0 Å². The first-order valence-corrected chi connectivity index (χ1v) is 7.67. The lowest BCUT2D eigenvalue weighted by Gasteiger charge is -2.15. The third-order valence-corrected chi connectivity index (χ3v) is 3.70. The van der Waals surface area contributed by atoms with Crippen molar-refractivity contribution in [2.24, 2.45) is 5.84 Å². The van der Waals surface area contributed by atoms with Crippen LogP contribution in [-0.4, -0.2) is 20.4 Å². The third-order valence-electron chi connectivity index (χ3n) is 2.23. The first-order valence-electron chi connectivity index (χ1n) is 4.81. The minimum Gasteiger partial charge on any atom is -0.271 e. The van der Waals surface area contributed by atoms with Crippen LogP contribution in [0.15, 0.2) is 28.7 Å². The van der Waals surface area contributed by atoms with Crippen molar-refractivity contribution in [1.29, 1.82) is 0 Å². The number of hydrogen-bond acceptors (Lipinski definition) is 4. The number of nitrogens with one attached hydrogen (secondary N) is 1. The van der Waals surface area contributed by atoms with Gasteiger partial charge in [-0.05, 0) is 24.1 Å². The molecule has 0 heterocycles. The number of rotatable bonds is 5. The van der Waals surface area contributed by atoms with Gasteiger partial charge in [-0.1, -0.05) is 28.1 Å². The van der Waals surface area contributed by atoms with Gasteiger partial charge in [0.15, 0.2) is 0 Å². The molecule has 1 atom stereocenters. The largest absolute Gasteiger partial charge is 0.271 e. The molecule has 0 fully saturated rings. The predicted molar refractivity (Wildman–Crippen MR) is 68.5 cm³/mol. The molecule has 0 radical (unpaired) electrons. The number of halogens is 1. The molecule has 3 N–H and O–H groups in total. The van der Waals surface area contributed by atoms with E-state index in [1.54, 1.807) is 0 Å². The maximum atomic E-state index is 11.1. The summed E-state index contributed by atoms with van der Waals surface area (Å²) in [5.74, 6) is 5.54. The van der Waals surface area contributed by atoms with Crippen LogP contribution in [0.1, 0.15) is 18.0 Å². The second kappa shape index (κ2) is 5.77. The Kier molecular flexibility index (Phi) is 4.91. The molecule has 1 aromatic rings. The summed E-state index contributed by atoms with van der Waals surface area (Å²) in [5.41, 5.74) is 3.61. The van der Waals surface area contributed by atoms with Crippen molar-refractivity contribution in [2.75, 3.05) is 12.0 Å². The fourth-order valence-corrected chi connectivity index (χ4v) is 2.48. The molecule has 1 rings (SSSR count). The first-order chi connectivity index (χ1) is 7.42. The number of nitrogens with two attached hydrogens (primary N) is 1. The molecule has 0 aromatic heterocycles. The topological polar surface area (TPSA) is 72.2 Å². The Morgan fingerprint density at radius 1 is 1.50 bits per heavy atom. The second-order valence-corrected chi connectivity index (χ2v) is 6.87. The molecule has 0 aliphatic carbocycles. The van der Waals surface area contributed by atoms with Gasteiger partial charge in [-0.25, -0.2) is 8.42 Å². The first kappa shape index (κ1) is 13.6. The van der Waals surface area contributed by atoms with Gasteiger partial charge < -0.3 is 0 Å². The number of hydrazine groups is 1. The van der Waals surface area contributed by atoms with Gasteiger partial charge in [0.2, 0.25) is 0 Å². The van der Waals surface area contributed by atoms with E-state index in [0.29, 0.717) is 6.42 Å². The van der Waals surface area contributed by atoms with Crippen molar-refractivity contribution in [2.45, 2.75) is 12.5 Å². The highest BCUT2D eigenvalue weighted by Gasteiger charge is 2.13. The number of sulfone groups is 1. The van der Waals surface area contributed by atoms with Crippen LogP contribution in [0.3, 0.4) is 0 Å². The molecule has 1 unspecified atom stereocenters. The second-order valence-electron chi connectivity index (χ2n) is 3.69. The zero-order chi connectivity index (χ0) is 12.2. The third kappa shape index (κ3) is 4.61. The lowest BCUT2D eigenvalue weighted by atomic mass is 10.1. The molecular weight excluding hydrogens is 292 g/mol. The quantitative estimate of drug-likeness (QED) is 0.637. The van der Waals surface area contributed by atoms with Gasteiger partial charge in [-0.3, -0.25) is 11.3 Å². The standard InChI is InChI=1S/C10H15BrN2O2S/c1-16(14,15)6-5-10(13-12)8-3-2-4-9(11)7-8/h2-4,7,10,13H,5-6,12H2,1H3. The summed E-state index contributed by atoms with van der Waals surface area (Å²) in [7, 11) is -2.95. The van der Waals surface area contributed by atoms with Crippen LogP contribution < -0.4 is 11.3 Å². The van der Waals surface area contributed by atoms with Crippen molar-refractivity contribution < 1.29 is 8.42 Å². The minimum absolute atomic E-state index is 0.119. The summed E-state index contributed by atoms with van der Waals surface area (Å²) < 4.78 is 23.1. The van der Waals surface area contributed by atoms with Gasteiger partial charge in [-0.15, -0.1) is 0 Å². The number of hydrogen-bond donors (Lipinski definition) is 2. The van der Waals surface area contributed by atoms with Crippen molar-refractivity contribution in [3.63, 3.8) is 0 Å². The summed E-state index contributed by atoms with van der Waals surface area (Å²) in [4.78, 5) is 0. The van der Waals surface area contributed by atoms with Crippen LogP contribution in [0, 0.1) is 0 Å². The molecule has 0 saturated carbocycles. The van der Waals surface area contributed by atoms with Crippen molar-refractivity contribution >= 4 is 25.8 Å². The molecule has 90 valence electrons. The monoisotopic (exact) mass is 306 g/mol. The average molecular weight is 307 g/mol. The summed E-state index contributed by atoms with van der Waals surface area (Å²) in [5, 5.41) is 0. The van der Waals surface area contributed by atoms with Gasteiger partial charge in [0.25, 0.3) is 0 Å². The molecule has 0 aliphatic heterocycles. The highest BCUT2D eigenvalue weighted by molar-refractivity contribution is 9.10. The molecule has 6 heteroatoms. The van der Waals surface area contributed by atoms with Crippen LogP contribution in [0.5, 0.6) is 0 Å². The Morgan fingerprint density at radius 3 is 2.69 bits per heavy atom. The average Bonchev–Trinajstić information content (AvgIpc) is 2.17. The maximum absolute atomic E-state index is 11.1. The fraction of sp³-hybridized carbons (Fsp3) is 0.400. The normalized spacial score (nSPS) is 13.7. The number of benzene rings is 1. The smallest absolute Gasteiger partial charge is 0.147 e. The fourth-order valence-electron chi connectivity index (χ4n) is 1.40. The van der Waals surface area contributed by atoms with E-state index >= 15 is 0 Å². The Hall–Kier alpha value is -0.430. The molecule has 1 aromatic carbocycles. The van der Waals surface area contributed by atoms with E-state index < -0.39 is 9.84 Å². The van der Waals surface area contributed by atoms with E-state index in [4.69, 9.17) is 5.84 Å². The Morgan fingerprint density at radius 2 is 2.19 bits per heavy atom. The highest BCUT2D eigenvalue weighted by Crippen LogP contribution is 2.20. The van der Waals surface area contributed by atoms with Gasteiger partial charge in [0.05, 0.1) is 5.75 Å².